The summed E-state index contributed by atoms with van der Waals surface area (Å²) in [7, 11) is 0. The van der Waals surface area contributed by atoms with Crippen molar-refractivity contribution in [2.24, 2.45) is 5.10 Å². The van der Waals surface area contributed by atoms with Crippen LogP contribution in [0.2, 0.25) is 0 Å². The van der Waals surface area contributed by atoms with E-state index in [1.807, 2.05) is 6.07 Å². The summed E-state index contributed by atoms with van der Waals surface area (Å²) in [5.41, 5.74) is 2.44. The summed E-state index contributed by atoms with van der Waals surface area (Å²) in [5.74, 6) is -0.827. The normalized spacial score (nSPS) is 12.3. The highest BCUT2D eigenvalue weighted by atomic mass is 16.6. The summed E-state index contributed by atoms with van der Waals surface area (Å²) in [6.45, 7) is 1.65. The Hall–Kier alpha value is -5.06. The molecular weight excluding hydrogens is 468 g/mol. The van der Waals surface area contributed by atoms with Crippen LogP contribution in [0.25, 0.3) is 11.0 Å². The quantitative estimate of drug-likeness (QED) is 0.146. The van der Waals surface area contributed by atoms with Crippen molar-refractivity contribution in [2.45, 2.75) is 19.3 Å². The fourth-order valence-electron chi connectivity index (χ4n) is 3.90. The molecule has 0 aliphatic heterocycles. The second-order valence-corrected chi connectivity index (χ2v) is 7.99. The molecule has 0 aliphatic carbocycles. The lowest BCUT2D eigenvalue weighted by atomic mass is 9.87. The van der Waals surface area contributed by atoms with Gasteiger partial charge in [0.15, 0.2) is 0 Å². The monoisotopic (exact) mass is 488 g/mol. The van der Waals surface area contributed by atoms with Crippen molar-refractivity contribution in [3.8, 4) is 5.75 Å². The van der Waals surface area contributed by atoms with E-state index in [-0.39, 0.29) is 29.0 Å². The highest BCUT2D eigenvalue weighted by molar-refractivity contribution is 5.87. The van der Waals surface area contributed by atoms with Gasteiger partial charge in [-0.3, -0.25) is 25.7 Å². The number of aromatic hydroxyl groups is 1. The number of para-hydroxylation sites is 1. The molecule has 2 N–H and O–H groups in total. The van der Waals surface area contributed by atoms with Crippen molar-refractivity contribution in [3.05, 3.63) is 115 Å². The van der Waals surface area contributed by atoms with Gasteiger partial charge in [-0.2, -0.15) is 5.10 Å². The Kier molecular flexibility index (Phi) is 6.72. The molecular formula is C25H20N4O7. The van der Waals surface area contributed by atoms with E-state index in [0.717, 1.165) is 17.7 Å². The minimum atomic E-state index is -0.745. The van der Waals surface area contributed by atoms with Gasteiger partial charge in [0.05, 0.1) is 26.9 Å². The number of benzene rings is 3. The van der Waals surface area contributed by atoms with E-state index in [2.05, 4.69) is 10.5 Å². The van der Waals surface area contributed by atoms with Gasteiger partial charge in [0.1, 0.15) is 17.0 Å². The molecule has 0 radical (unpaired) electrons. The van der Waals surface area contributed by atoms with Crippen LogP contribution in [0.1, 0.15) is 30.4 Å². The molecule has 0 spiro atoms. The van der Waals surface area contributed by atoms with Crippen LogP contribution < -0.4 is 11.1 Å². The molecule has 1 unspecified atom stereocenters. The van der Waals surface area contributed by atoms with Crippen molar-refractivity contribution in [3.63, 3.8) is 0 Å². The average Bonchev–Trinajstić information content (AvgIpc) is 2.87. The first kappa shape index (κ1) is 24.1. The summed E-state index contributed by atoms with van der Waals surface area (Å²) >= 11 is 0. The fourth-order valence-corrected chi connectivity index (χ4v) is 3.90. The maximum Gasteiger partial charge on any atom is 0.343 e. The van der Waals surface area contributed by atoms with Crippen LogP contribution in [-0.2, 0) is 0 Å². The van der Waals surface area contributed by atoms with E-state index in [4.69, 9.17) is 4.42 Å². The molecule has 1 aromatic heterocycles. The van der Waals surface area contributed by atoms with Crippen LogP contribution in [-0.4, -0.2) is 20.7 Å². The predicted octanol–water partition coefficient (Wildman–Crippen LogP) is 5.33. The van der Waals surface area contributed by atoms with Crippen LogP contribution in [0.5, 0.6) is 5.75 Å². The lowest BCUT2D eigenvalue weighted by molar-refractivity contribution is -0.393. The molecule has 4 rings (SSSR count). The smallest absolute Gasteiger partial charge is 0.343 e. The maximum atomic E-state index is 12.9. The second-order valence-electron chi connectivity index (χ2n) is 7.99. The Bertz CT molecular complexity index is 1550. The Morgan fingerprint density at radius 1 is 1.03 bits per heavy atom. The van der Waals surface area contributed by atoms with E-state index < -0.39 is 32.8 Å². The first-order valence-electron chi connectivity index (χ1n) is 10.8. The third kappa shape index (κ3) is 4.89. The van der Waals surface area contributed by atoms with Crippen molar-refractivity contribution in [1.82, 2.24) is 0 Å². The number of anilines is 1. The number of nitrogens with one attached hydrogen (secondary N) is 1. The zero-order valence-electron chi connectivity index (χ0n) is 19.0. The number of hydrogen-bond acceptors (Lipinski definition) is 9. The minimum absolute atomic E-state index is 0.0331. The third-order valence-corrected chi connectivity index (χ3v) is 5.63. The zero-order chi connectivity index (χ0) is 25.8. The molecule has 11 nitrogen and oxygen atoms in total. The largest absolute Gasteiger partial charge is 0.507 e. The lowest BCUT2D eigenvalue weighted by Crippen LogP contribution is -2.17. The van der Waals surface area contributed by atoms with Gasteiger partial charge in [-0.25, -0.2) is 4.79 Å². The van der Waals surface area contributed by atoms with Crippen LogP contribution in [0.4, 0.5) is 17.1 Å². The van der Waals surface area contributed by atoms with E-state index in [1.165, 1.54) is 6.07 Å². The van der Waals surface area contributed by atoms with Gasteiger partial charge in [-0.15, -0.1) is 0 Å². The van der Waals surface area contributed by atoms with Crippen molar-refractivity contribution >= 4 is 33.7 Å². The lowest BCUT2D eigenvalue weighted by Gasteiger charge is -2.18. The molecule has 0 saturated carbocycles. The Morgan fingerprint density at radius 3 is 2.42 bits per heavy atom. The van der Waals surface area contributed by atoms with Gasteiger partial charge < -0.3 is 9.52 Å². The number of hydrazone groups is 1. The molecule has 0 saturated heterocycles. The zero-order valence-corrected chi connectivity index (χ0v) is 19.0. The van der Waals surface area contributed by atoms with Gasteiger partial charge in [0.25, 0.3) is 5.69 Å². The summed E-state index contributed by atoms with van der Waals surface area (Å²) < 4.78 is 5.46. The molecule has 36 heavy (non-hydrogen) atoms. The summed E-state index contributed by atoms with van der Waals surface area (Å²) in [5, 5.41) is 38.0. The number of nitro groups is 2. The van der Waals surface area contributed by atoms with E-state index in [9.17, 15) is 30.1 Å². The molecule has 0 fully saturated rings. The van der Waals surface area contributed by atoms with Crippen molar-refractivity contribution in [1.29, 1.82) is 0 Å². The van der Waals surface area contributed by atoms with Gasteiger partial charge in [-0.1, -0.05) is 42.5 Å². The summed E-state index contributed by atoms with van der Waals surface area (Å²) in [6, 6.07) is 18.9. The first-order valence-corrected chi connectivity index (χ1v) is 10.8. The number of non-ortho nitro benzene ring substituents is 1. The molecule has 11 heteroatoms. The number of nitro benzene ring substituents is 2. The molecule has 4 aromatic rings. The van der Waals surface area contributed by atoms with E-state index in [1.54, 1.807) is 55.5 Å². The number of rotatable bonds is 8. The van der Waals surface area contributed by atoms with Crippen LogP contribution in [0.15, 0.2) is 87.1 Å². The Morgan fingerprint density at radius 2 is 1.72 bits per heavy atom. The van der Waals surface area contributed by atoms with Crippen LogP contribution in [0, 0.1) is 20.2 Å². The van der Waals surface area contributed by atoms with Crippen molar-refractivity contribution in [2.75, 3.05) is 5.43 Å². The van der Waals surface area contributed by atoms with Gasteiger partial charge in [0, 0.05) is 17.7 Å². The number of hydrogen-bond donors (Lipinski definition) is 2. The fraction of sp³-hybridized carbons (Fsp3) is 0.120. The van der Waals surface area contributed by atoms with Gasteiger partial charge in [0.2, 0.25) is 0 Å². The number of nitrogens with zero attached hydrogens (tertiary/aromatic N) is 3. The molecule has 0 aliphatic rings. The molecule has 1 heterocycles. The Balaban J connectivity index is 1.71. The van der Waals surface area contributed by atoms with Crippen LogP contribution in [0.3, 0.4) is 0 Å². The minimum Gasteiger partial charge on any atom is -0.507 e. The molecule has 3 aromatic carbocycles. The van der Waals surface area contributed by atoms with Crippen LogP contribution >= 0.6 is 0 Å². The topological polar surface area (TPSA) is 161 Å². The first-order chi connectivity index (χ1) is 17.3. The average molecular weight is 488 g/mol. The molecule has 0 amide bonds. The Labute approximate surface area is 203 Å². The maximum absolute atomic E-state index is 12.9. The van der Waals surface area contributed by atoms with E-state index >= 15 is 0 Å². The van der Waals surface area contributed by atoms with Gasteiger partial charge >= 0.3 is 11.3 Å². The third-order valence-electron chi connectivity index (χ3n) is 5.63. The molecule has 182 valence electrons. The predicted molar refractivity (Wildman–Crippen MR) is 134 cm³/mol. The second kappa shape index (κ2) is 10.1. The summed E-state index contributed by atoms with van der Waals surface area (Å²) in [4.78, 5) is 33.8. The SMILES string of the molecule is CC(CC(c1ccccc1)c1c(O)c2ccccc2oc1=O)=NNc1ccc([N+](=O)[O-])cc1[N+](=O)[O-]. The number of fused-ring (bicyclic) bond motifs is 1. The van der Waals surface area contributed by atoms with E-state index in [0.29, 0.717) is 11.1 Å². The standard InChI is InChI=1S/C25H20N4O7/c1-15(26-27-20-12-11-17(28(32)33)14-21(20)29(34)35)13-19(16-7-3-2-4-8-16)23-24(30)18-9-5-6-10-22(18)36-25(23)31/h2-12,14,19,27,30H,13H2,1H3. The molecule has 0 bridgehead atoms. The van der Waals surface area contributed by atoms with Crippen molar-refractivity contribution < 1.29 is 19.4 Å². The highest BCUT2D eigenvalue weighted by Crippen LogP contribution is 2.36. The molecule has 1 atom stereocenters. The highest BCUT2D eigenvalue weighted by Gasteiger charge is 2.26. The van der Waals surface area contributed by atoms with Gasteiger partial charge in [-0.05, 0) is 37.1 Å². The summed E-state index contributed by atoms with van der Waals surface area (Å²) in [6.07, 6.45) is 0.161.